The van der Waals surface area contributed by atoms with E-state index in [0.29, 0.717) is 16.5 Å². The van der Waals surface area contributed by atoms with Gasteiger partial charge in [-0.1, -0.05) is 52.7 Å². The standard InChI is InChI=1S/C16H15ClN4/c1-10-7-8-12(11(2)9-10)15-16(18)21(20-19-15)14-6-4-3-5-13(14)17/h3-9H,18H2,1-2H3. The number of nitrogen functional groups attached to an aromatic ring is 1. The molecule has 3 rings (SSSR count). The smallest absolute Gasteiger partial charge is 0.155 e. The molecule has 0 aliphatic rings. The molecule has 2 N–H and O–H groups in total. The molecule has 1 heterocycles. The van der Waals surface area contributed by atoms with Crippen LogP contribution in [0.25, 0.3) is 16.9 Å². The number of anilines is 1. The molecule has 0 saturated heterocycles. The molecule has 5 heteroatoms. The van der Waals surface area contributed by atoms with Crippen molar-refractivity contribution in [2.24, 2.45) is 0 Å². The minimum atomic E-state index is 0.482. The number of benzene rings is 2. The number of aryl methyl sites for hydroxylation is 2. The predicted octanol–water partition coefficient (Wildman–Crippen LogP) is 3.79. The number of nitrogens with two attached hydrogens (primary N) is 1. The fourth-order valence-corrected chi connectivity index (χ4v) is 2.58. The second-order valence-electron chi connectivity index (χ2n) is 5.00. The number of aromatic nitrogens is 3. The zero-order valence-corrected chi connectivity index (χ0v) is 12.6. The van der Waals surface area contributed by atoms with E-state index in [-0.39, 0.29) is 0 Å². The van der Waals surface area contributed by atoms with Crippen LogP contribution < -0.4 is 5.73 Å². The molecular formula is C16H15ClN4. The molecule has 0 unspecified atom stereocenters. The summed E-state index contributed by atoms with van der Waals surface area (Å²) in [4.78, 5) is 0. The van der Waals surface area contributed by atoms with Crippen LogP contribution in [-0.4, -0.2) is 15.0 Å². The molecule has 2 aromatic carbocycles. The first-order chi connectivity index (χ1) is 10.1. The maximum absolute atomic E-state index is 6.22. The van der Waals surface area contributed by atoms with Crippen LogP contribution in [0.2, 0.25) is 5.02 Å². The van der Waals surface area contributed by atoms with E-state index in [2.05, 4.69) is 23.3 Å². The first-order valence-corrected chi connectivity index (χ1v) is 6.99. The zero-order chi connectivity index (χ0) is 15.0. The lowest BCUT2D eigenvalue weighted by atomic mass is 10.0. The average Bonchev–Trinajstić information content (AvgIpc) is 2.81. The molecule has 0 saturated carbocycles. The van der Waals surface area contributed by atoms with Gasteiger partial charge >= 0.3 is 0 Å². The van der Waals surface area contributed by atoms with Crippen molar-refractivity contribution in [1.82, 2.24) is 15.0 Å². The van der Waals surface area contributed by atoms with E-state index in [0.717, 1.165) is 16.8 Å². The fourth-order valence-electron chi connectivity index (χ4n) is 2.36. The van der Waals surface area contributed by atoms with Crippen LogP contribution in [-0.2, 0) is 0 Å². The molecule has 1 aromatic heterocycles. The summed E-state index contributed by atoms with van der Waals surface area (Å²) in [6, 6.07) is 13.6. The fraction of sp³-hybridized carbons (Fsp3) is 0.125. The minimum Gasteiger partial charge on any atom is -0.382 e. The second kappa shape index (κ2) is 5.22. The zero-order valence-electron chi connectivity index (χ0n) is 11.8. The molecule has 0 aliphatic carbocycles. The Morgan fingerprint density at radius 2 is 1.86 bits per heavy atom. The molecule has 3 aromatic rings. The Morgan fingerprint density at radius 1 is 1.10 bits per heavy atom. The Morgan fingerprint density at radius 3 is 2.57 bits per heavy atom. The summed E-state index contributed by atoms with van der Waals surface area (Å²) in [5.41, 5.74) is 10.9. The van der Waals surface area contributed by atoms with Gasteiger partial charge in [0.2, 0.25) is 0 Å². The summed E-state index contributed by atoms with van der Waals surface area (Å²) in [5.74, 6) is 0.482. The molecule has 0 radical (unpaired) electrons. The van der Waals surface area contributed by atoms with Gasteiger partial charge in [-0.3, -0.25) is 0 Å². The molecule has 4 nitrogen and oxygen atoms in total. The van der Waals surface area contributed by atoms with Crippen molar-refractivity contribution < 1.29 is 0 Å². The third kappa shape index (κ3) is 2.38. The van der Waals surface area contributed by atoms with Crippen LogP contribution in [0, 0.1) is 13.8 Å². The lowest BCUT2D eigenvalue weighted by Gasteiger charge is -2.07. The molecule has 0 bridgehead atoms. The van der Waals surface area contributed by atoms with Gasteiger partial charge in [0.25, 0.3) is 0 Å². The molecule has 0 amide bonds. The number of hydrogen-bond donors (Lipinski definition) is 1. The number of rotatable bonds is 2. The Kier molecular flexibility index (Phi) is 3.39. The van der Waals surface area contributed by atoms with E-state index in [9.17, 15) is 0 Å². The van der Waals surface area contributed by atoms with Gasteiger partial charge in [0.1, 0.15) is 5.69 Å². The highest BCUT2D eigenvalue weighted by molar-refractivity contribution is 6.32. The van der Waals surface area contributed by atoms with Crippen LogP contribution >= 0.6 is 11.6 Å². The highest BCUT2D eigenvalue weighted by Gasteiger charge is 2.16. The van der Waals surface area contributed by atoms with E-state index in [4.69, 9.17) is 17.3 Å². The van der Waals surface area contributed by atoms with Crippen molar-refractivity contribution in [2.75, 3.05) is 5.73 Å². The van der Waals surface area contributed by atoms with Gasteiger partial charge < -0.3 is 5.73 Å². The van der Waals surface area contributed by atoms with E-state index in [1.807, 2.05) is 37.3 Å². The van der Waals surface area contributed by atoms with Gasteiger partial charge in [-0.05, 0) is 31.5 Å². The first kappa shape index (κ1) is 13.6. The summed E-state index contributed by atoms with van der Waals surface area (Å²) in [6.07, 6.45) is 0. The van der Waals surface area contributed by atoms with Crippen LogP contribution in [0.4, 0.5) is 5.82 Å². The van der Waals surface area contributed by atoms with Crippen molar-refractivity contribution in [3.63, 3.8) is 0 Å². The van der Waals surface area contributed by atoms with E-state index in [1.165, 1.54) is 5.56 Å². The maximum atomic E-state index is 6.22. The Labute approximate surface area is 128 Å². The SMILES string of the molecule is Cc1ccc(-c2nnn(-c3ccccc3Cl)c2N)c(C)c1. The molecule has 106 valence electrons. The summed E-state index contributed by atoms with van der Waals surface area (Å²) in [5, 5.41) is 8.95. The van der Waals surface area contributed by atoms with Gasteiger partial charge in [0, 0.05) is 5.56 Å². The molecule has 21 heavy (non-hydrogen) atoms. The largest absolute Gasteiger partial charge is 0.382 e. The Hall–Kier alpha value is -2.33. The van der Waals surface area contributed by atoms with Crippen molar-refractivity contribution in [3.05, 3.63) is 58.6 Å². The van der Waals surface area contributed by atoms with E-state index < -0.39 is 0 Å². The highest BCUT2D eigenvalue weighted by Crippen LogP contribution is 2.30. The number of para-hydroxylation sites is 1. The summed E-state index contributed by atoms with van der Waals surface area (Å²) < 4.78 is 1.57. The second-order valence-corrected chi connectivity index (χ2v) is 5.41. The van der Waals surface area contributed by atoms with Crippen LogP contribution in [0.3, 0.4) is 0 Å². The molecule has 0 fully saturated rings. The van der Waals surface area contributed by atoms with Crippen molar-refractivity contribution in [2.45, 2.75) is 13.8 Å². The average molecular weight is 299 g/mol. The van der Waals surface area contributed by atoms with Crippen molar-refractivity contribution >= 4 is 17.4 Å². The topological polar surface area (TPSA) is 56.7 Å². The maximum Gasteiger partial charge on any atom is 0.155 e. The lowest BCUT2D eigenvalue weighted by molar-refractivity contribution is 0.810. The monoisotopic (exact) mass is 298 g/mol. The third-order valence-electron chi connectivity index (χ3n) is 3.42. The Balaban J connectivity index is 2.14. The van der Waals surface area contributed by atoms with Gasteiger partial charge in [0.15, 0.2) is 5.82 Å². The number of halogens is 1. The van der Waals surface area contributed by atoms with Crippen molar-refractivity contribution in [3.8, 4) is 16.9 Å². The van der Waals surface area contributed by atoms with Gasteiger partial charge in [-0.15, -0.1) is 5.10 Å². The van der Waals surface area contributed by atoms with Crippen LogP contribution in [0.15, 0.2) is 42.5 Å². The quantitative estimate of drug-likeness (QED) is 0.783. The van der Waals surface area contributed by atoms with Gasteiger partial charge in [-0.25, -0.2) is 0 Å². The van der Waals surface area contributed by atoms with Crippen molar-refractivity contribution in [1.29, 1.82) is 0 Å². The van der Waals surface area contributed by atoms with Gasteiger partial charge in [-0.2, -0.15) is 4.68 Å². The van der Waals surface area contributed by atoms with Crippen LogP contribution in [0.5, 0.6) is 0 Å². The minimum absolute atomic E-state index is 0.482. The summed E-state index contributed by atoms with van der Waals surface area (Å²) in [6.45, 7) is 4.09. The third-order valence-corrected chi connectivity index (χ3v) is 3.74. The molecule has 0 atom stereocenters. The predicted molar refractivity (Wildman–Crippen MR) is 85.7 cm³/mol. The number of nitrogens with zero attached hydrogens (tertiary/aromatic N) is 3. The summed E-state index contributed by atoms with van der Waals surface area (Å²) >= 11 is 6.19. The van der Waals surface area contributed by atoms with Gasteiger partial charge in [0.05, 0.1) is 10.7 Å². The molecular weight excluding hydrogens is 284 g/mol. The molecule has 0 spiro atoms. The van der Waals surface area contributed by atoms with E-state index in [1.54, 1.807) is 10.7 Å². The summed E-state index contributed by atoms with van der Waals surface area (Å²) in [7, 11) is 0. The normalized spacial score (nSPS) is 10.8. The van der Waals surface area contributed by atoms with E-state index >= 15 is 0 Å². The number of hydrogen-bond acceptors (Lipinski definition) is 3. The molecule has 0 aliphatic heterocycles. The van der Waals surface area contributed by atoms with Crippen LogP contribution in [0.1, 0.15) is 11.1 Å². The highest BCUT2D eigenvalue weighted by atomic mass is 35.5. The first-order valence-electron chi connectivity index (χ1n) is 6.61. The lowest BCUT2D eigenvalue weighted by Crippen LogP contribution is -2.03. The Bertz CT molecular complexity index is 808.